The van der Waals surface area contributed by atoms with Gasteiger partial charge in [0.2, 0.25) is 0 Å². The minimum atomic E-state index is -0.491. The van der Waals surface area contributed by atoms with Crippen LogP contribution in [0, 0.1) is 6.92 Å². The summed E-state index contributed by atoms with van der Waals surface area (Å²) in [5, 5.41) is 5.41. The Morgan fingerprint density at radius 1 is 1.05 bits per heavy atom. The highest BCUT2D eigenvalue weighted by atomic mass is 16.5. The van der Waals surface area contributed by atoms with E-state index in [0.717, 1.165) is 5.56 Å². The summed E-state index contributed by atoms with van der Waals surface area (Å²) in [7, 11) is 1.30. The molecule has 2 rings (SSSR count). The zero-order valence-electron chi connectivity index (χ0n) is 12.6. The van der Waals surface area contributed by atoms with Crippen molar-refractivity contribution in [1.82, 2.24) is 5.32 Å². The van der Waals surface area contributed by atoms with Gasteiger partial charge in [0.25, 0.3) is 0 Å². The number of carbonyl (C=O) groups is 2. The fourth-order valence-corrected chi connectivity index (χ4v) is 1.93. The number of ether oxygens (including phenoxy) is 1. The number of urea groups is 1. The molecule has 2 aromatic rings. The molecule has 0 saturated heterocycles. The van der Waals surface area contributed by atoms with E-state index < -0.39 is 5.97 Å². The number of aryl methyl sites for hydroxylation is 1. The summed E-state index contributed by atoms with van der Waals surface area (Å²) >= 11 is 0. The van der Waals surface area contributed by atoms with Crippen LogP contribution in [0.25, 0.3) is 0 Å². The number of nitrogens with one attached hydrogen (secondary N) is 2. The molecule has 0 fully saturated rings. The number of benzene rings is 2. The number of amides is 2. The Labute approximate surface area is 129 Å². The number of hydrogen-bond acceptors (Lipinski definition) is 3. The van der Waals surface area contributed by atoms with E-state index >= 15 is 0 Å². The Bertz CT molecular complexity index is 666. The molecule has 0 aliphatic rings. The summed E-state index contributed by atoms with van der Waals surface area (Å²) in [6, 6.07) is 14.2. The molecule has 22 heavy (non-hydrogen) atoms. The number of esters is 1. The molecule has 0 spiro atoms. The average Bonchev–Trinajstić information content (AvgIpc) is 2.54. The second kappa shape index (κ2) is 7.26. The third-order valence-electron chi connectivity index (χ3n) is 3.15. The number of para-hydroxylation sites is 1. The van der Waals surface area contributed by atoms with Gasteiger partial charge in [-0.2, -0.15) is 0 Å². The molecule has 114 valence electrons. The molecule has 2 aromatic carbocycles. The first kappa shape index (κ1) is 15.6. The van der Waals surface area contributed by atoms with Crippen LogP contribution < -0.4 is 10.6 Å². The largest absolute Gasteiger partial charge is 0.465 e. The Morgan fingerprint density at radius 2 is 1.73 bits per heavy atom. The highest BCUT2D eigenvalue weighted by Crippen LogP contribution is 2.15. The Morgan fingerprint density at radius 3 is 2.41 bits per heavy atom. The lowest BCUT2D eigenvalue weighted by Crippen LogP contribution is -2.29. The van der Waals surface area contributed by atoms with E-state index in [1.165, 1.54) is 12.7 Å². The SMILES string of the molecule is COC(=O)c1ccccc1NC(=O)NCc1ccc(C)cc1. The van der Waals surface area contributed by atoms with Gasteiger partial charge < -0.3 is 15.4 Å². The van der Waals surface area contributed by atoms with Gasteiger partial charge in [-0.3, -0.25) is 0 Å². The molecule has 0 heterocycles. The second-order valence-electron chi connectivity index (χ2n) is 4.83. The van der Waals surface area contributed by atoms with Crippen molar-refractivity contribution in [3.05, 3.63) is 65.2 Å². The van der Waals surface area contributed by atoms with E-state index in [9.17, 15) is 9.59 Å². The van der Waals surface area contributed by atoms with Crippen molar-refractivity contribution in [1.29, 1.82) is 0 Å². The maximum atomic E-state index is 11.9. The highest BCUT2D eigenvalue weighted by Gasteiger charge is 2.12. The smallest absolute Gasteiger partial charge is 0.339 e. The normalized spacial score (nSPS) is 9.91. The maximum Gasteiger partial charge on any atom is 0.339 e. The first-order valence-corrected chi connectivity index (χ1v) is 6.88. The van der Waals surface area contributed by atoms with Crippen molar-refractivity contribution in [2.45, 2.75) is 13.5 Å². The molecule has 2 N–H and O–H groups in total. The molecule has 0 aliphatic heterocycles. The van der Waals surface area contributed by atoms with Gasteiger partial charge in [-0.25, -0.2) is 9.59 Å². The van der Waals surface area contributed by atoms with Crippen LogP contribution in [0.1, 0.15) is 21.5 Å². The van der Waals surface area contributed by atoms with E-state index in [2.05, 4.69) is 15.4 Å². The van der Waals surface area contributed by atoms with Gasteiger partial charge in [0.05, 0.1) is 18.4 Å². The fraction of sp³-hybridized carbons (Fsp3) is 0.176. The number of carbonyl (C=O) groups excluding carboxylic acids is 2. The van der Waals surface area contributed by atoms with Crippen molar-refractivity contribution in [2.24, 2.45) is 0 Å². The van der Waals surface area contributed by atoms with E-state index in [-0.39, 0.29) is 6.03 Å². The van der Waals surface area contributed by atoms with Gasteiger partial charge in [0, 0.05) is 6.54 Å². The van der Waals surface area contributed by atoms with Crippen molar-refractivity contribution in [3.8, 4) is 0 Å². The summed E-state index contributed by atoms with van der Waals surface area (Å²) in [6.07, 6.45) is 0. The molecular formula is C17H18N2O3. The lowest BCUT2D eigenvalue weighted by Gasteiger charge is -2.11. The van der Waals surface area contributed by atoms with Crippen LogP contribution in [0.2, 0.25) is 0 Å². The molecule has 0 radical (unpaired) electrons. The predicted octanol–water partition coefficient (Wildman–Crippen LogP) is 3.10. The van der Waals surface area contributed by atoms with Gasteiger partial charge in [0.15, 0.2) is 0 Å². The zero-order chi connectivity index (χ0) is 15.9. The summed E-state index contributed by atoms with van der Waals surface area (Å²) in [5.74, 6) is -0.491. The topological polar surface area (TPSA) is 67.4 Å². The van der Waals surface area contributed by atoms with Crippen LogP contribution in [-0.4, -0.2) is 19.1 Å². The van der Waals surface area contributed by atoms with Crippen molar-refractivity contribution in [3.63, 3.8) is 0 Å². The minimum Gasteiger partial charge on any atom is -0.465 e. The molecule has 0 unspecified atom stereocenters. The Balaban J connectivity index is 1.97. The molecule has 0 aliphatic carbocycles. The highest BCUT2D eigenvalue weighted by molar-refractivity contribution is 6.00. The van der Waals surface area contributed by atoms with E-state index in [0.29, 0.717) is 17.8 Å². The summed E-state index contributed by atoms with van der Waals surface area (Å²) in [5.41, 5.74) is 2.90. The van der Waals surface area contributed by atoms with Gasteiger partial charge in [-0.15, -0.1) is 0 Å². The molecule has 2 amide bonds. The number of methoxy groups -OCH3 is 1. The van der Waals surface area contributed by atoms with Crippen LogP contribution in [0.3, 0.4) is 0 Å². The first-order valence-electron chi connectivity index (χ1n) is 6.88. The zero-order valence-corrected chi connectivity index (χ0v) is 12.6. The minimum absolute atomic E-state index is 0.315. The van der Waals surface area contributed by atoms with Gasteiger partial charge in [-0.1, -0.05) is 42.0 Å². The number of rotatable bonds is 4. The van der Waals surface area contributed by atoms with E-state index in [4.69, 9.17) is 0 Å². The predicted molar refractivity (Wildman–Crippen MR) is 84.8 cm³/mol. The molecule has 0 aromatic heterocycles. The lowest BCUT2D eigenvalue weighted by atomic mass is 10.1. The van der Waals surface area contributed by atoms with Crippen LogP contribution in [0.15, 0.2) is 48.5 Å². The molecule has 5 heteroatoms. The van der Waals surface area contributed by atoms with E-state index in [1.54, 1.807) is 24.3 Å². The van der Waals surface area contributed by atoms with Gasteiger partial charge in [0.1, 0.15) is 0 Å². The molecular weight excluding hydrogens is 280 g/mol. The maximum absolute atomic E-state index is 11.9. The van der Waals surface area contributed by atoms with E-state index in [1.807, 2.05) is 31.2 Å². The van der Waals surface area contributed by atoms with Crippen molar-refractivity contribution in [2.75, 3.05) is 12.4 Å². The van der Waals surface area contributed by atoms with Crippen LogP contribution >= 0.6 is 0 Å². The third-order valence-corrected chi connectivity index (χ3v) is 3.15. The number of hydrogen-bond donors (Lipinski definition) is 2. The van der Waals surface area contributed by atoms with Crippen molar-refractivity contribution < 1.29 is 14.3 Å². The quantitative estimate of drug-likeness (QED) is 0.852. The summed E-state index contributed by atoms with van der Waals surface area (Å²) in [6.45, 7) is 2.42. The number of anilines is 1. The van der Waals surface area contributed by atoms with Crippen LogP contribution in [0.5, 0.6) is 0 Å². The van der Waals surface area contributed by atoms with Gasteiger partial charge >= 0.3 is 12.0 Å². The summed E-state index contributed by atoms with van der Waals surface area (Å²) < 4.78 is 4.69. The summed E-state index contributed by atoms with van der Waals surface area (Å²) in [4.78, 5) is 23.6. The lowest BCUT2D eigenvalue weighted by molar-refractivity contribution is 0.0602. The molecule has 0 bridgehead atoms. The first-order chi connectivity index (χ1) is 10.6. The average molecular weight is 298 g/mol. The van der Waals surface area contributed by atoms with Crippen molar-refractivity contribution >= 4 is 17.7 Å². The fourth-order valence-electron chi connectivity index (χ4n) is 1.93. The molecule has 0 saturated carbocycles. The standard InChI is InChI=1S/C17H18N2O3/c1-12-7-9-13(10-8-12)11-18-17(21)19-15-6-4-3-5-14(15)16(20)22-2/h3-10H,11H2,1-2H3,(H2,18,19,21). The third kappa shape index (κ3) is 4.09. The van der Waals surface area contributed by atoms with Gasteiger partial charge in [-0.05, 0) is 24.6 Å². The second-order valence-corrected chi connectivity index (χ2v) is 4.83. The molecule has 0 atom stereocenters. The Hall–Kier alpha value is -2.82. The van der Waals surface area contributed by atoms with Crippen LogP contribution in [-0.2, 0) is 11.3 Å². The van der Waals surface area contributed by atoms with Crippen LogP contribution in [0.4, 0.5) is 10.5 Å². The molecule has 5 nitrogen and oxygen atoms in total. The monoisotopic (exact) mass is 298 g/mol. The Kier molecular flexibility index (Phi) is 5.14.